The van der Waals surface area contributed by atoms with Crippen molar-refractivity contribution in [3.63, 3.8) is 0 Å². The Labute approximate surface area is 177 Å². The molecule has 0 bridgehead atoms. The van der Waals surface area contributed by atoms with Gasteiger partial charge in [0.1, 0.15) is 0 Å². The van der Waals surface area contributed by atoms with E-state index in [4.69, 9.17) is 0 Å². The van der Waals surface area contributed by atoms with Crippen molar-refractivity contribution in [3.05, 3.63) is 66.7 Å². The molecular weight excluding hydrogens is 420 g/mol. The molecule has 8 heteroatoms. The van der Waals surface area contributed by atoms with Crippen molar-refractivity contribution in [1.29, 1.82) is 0 Å². The molecular formula is C22H24N2O4S2. The van der Waals surface area contributed by atoms with Gasteiger partial charge in [0.15, 0.2) is 0 Å². The molecule has 2 N–H and O–H groups in total. The van der Waals surface area contributed by atoms with Crippen LogP contribution in [0.2, 0.25) is 0 Å². The van der Waals surface area contributed by atoms with Gasteiger partial charge in [-0.15, -0.1) is 0 Å². The summed E-state index contributed by atoms with van der Waals surface area (Å²) in [5.74, 6) is 0. The van der Waals surface area contributed by atoms with Gasteiger partial charge in [-0.25, -0.2) is 21.6 Å². The number of hydrogen-bond acceptors (Lipinski definition) is 4. The Hall–Kier alpha value is -2.42. The molecule has 1 saturated carbocycles. The third-order valence-corrected chi connectivity index (χ3v) is 8.29. The zero-order chi connectivity index (χ0) is 21.2. The van der Waals surface area contributed by atoms with E-state index in [9.17, 15) is 16.8 Å². The van der Waals surface area contributed by atoms with Crippen LogP contribution in [0.15, 0.2) is 76.5 Å². The first kappa shape index (κ1) is 20.8. The minimum Gasteiger partial charge on any atom is -0.280 e. The third kappa shape index (κ3) is 4.66. The number of nitrogens with one attached hydrogen (secondary N) is 2. The second-order valence-corrected chi connectivity index (χ2v) is 11.0. The Kier molecular flexibility index (Phi) is 5.81. The molecule has 6 nitrogen and oxygen atoms in total. The van der Waals surface area contributed by atoms with Crippen molar-refractivity contribution in [3.8, 4) is 0 Å². The summed E-state index contributed by atoms with van der Waals surface area (Å²) in [6, 6.07) is 18.2. The summed E-state index contributed by atoms with van der Waals surface area (Å²) < 4.78 is 56.0. The lowest BCUT2D eigenvalue weighted by Crippen LogP contribution is -2.36. The second-order valence-electron chi connectivity index (χ2n) is 7.60. The molecule has 0 saturated heterocycles. The summed E-state index contributed by atoms with van der Waals surface area (Å²) in [6.07, 6.45) is 4.90. The monoisotopic (exact) mass is 444 g/mol. The van der Waals surface area contributed by atoms with E-state index in [1.807, 2.05) is 24.3 Å². The van der Waals surface area contributed by atoms with Crippen LogP contribution in [-0.4, -0.2) is 22.9 Å². The van der Waals surface area contributed by atoms with Crippen LogP contribution in [0.4, 0.5) is 5.69 Å². The maximum Gasteiger partial charge on any atom is 0.261 e. The SMILES string of the molecule is O=S(=O)(Nc1ccc(S(=O)(=O)NC2CCCCC2)cc1)c1ccc2ccccc2c1. The molecule has 1 aliphatic carbocycles. The number of benzene rings is 3. The van der Waals surface area contributed by atoms with Crippen molar-refractivity contribution >= 4 is 36.5 Å². The molecule has 30 heavy (non-hydrogen) atoms. The Bertz CT molecular complexity index is 1250. The Balaban J connectivity index is 1.50. The van der Waals surface area contributed by atoms with E-state index in [2.05, 4.69) is 9.44 Å². The van der Waals surface area contributed by atoms with Crippen LogP contribution in [0.5, 0.6) is 0 Å². The lowest BCUT2D eigenvalue weighted by Gasteiger charge is -2.22. The van der Waals surface area contributed by atoms with Gasteiger partial charge >= 0.3 is 0 Å². The van der Waals surface area contributed by atoms with Crippen molar-refractivity contribution in [2.45, 2.75) is 47.9 Å². The molecule has 0 radical (unpaired) electrons. The summed E-state index contributed by atoms with van der Waals surface area (Å²) in [5.41, 5.74) is 0.305. The zero-order valence-corrected chi connectivity index (χ0v) is 18.0. The van der Waals surface area contributed by atoms with Gasteiger partial charge in [-0.05, 0) is 60.0 Å². The largest absolute Gasteiger partial charge is 0.280 e. The Morgan fingerprint density at radius 3 is 2.00 bits per heavy atom. The lowest BCUT2D eigenvalue weighted by atomic mass is 9.96. The van der Waals surface area contributed by atoms with Gasteiger partial charge in [-0.1, -0.05) is 49.6 Å². The summed E-state index contributed by atoms with van der Waals surface area (Å²) in [5, 5.41) is 1.78. The molecule has 1 fully saturated rings. The van der Waals surface area contributed by atoms with E-state index < -0.39 is 20.0 Å². The highest BCUT2D eigenvalue weighted by atomic mass is 32.2. The van der Waals surface area contributed by atoms with Crippen LogP contribution >= 0.6 is 0 Å². The van der Waals surface area contributed by atoms with E-state index in [1.165, 1.54) is 24.3 Å². The quantitative estimate of drug-likeness (QED) is 0.594. The molecule has 0 heterocycles. The molecule has 0 aliphatic heterocycles. The topological polar surface area (TPSA) is 92.3 Å². The molecule has 0 amide bonds. The van der Waals surface area contributed by atoms with Crippen molar-refractivity contribution in [1.82, 2.24) is 4.72 Å². The molecule has 158 valence electrons. The van der Waals surface area contributed by atoms with E-state index in [-0.39, 0.29) is 15.8 Å². The normalized spacial score (nSPS) is 15.9. The maximum atomic E-state index is 12.7. The Morgan fingerprint density at radius 1 is 0.667 bits per heavy atom. The average Bonchev–Trinajstić information content (AvgIpc) is 2.74. The predicted molar refractivity (Wildman–Crippen MR) is 118 cm³/mol. The molecule has 0 unspecified atom stereocenters. The second kappa shape index (κ2) is 8.37. The molecule has 0 atom stereocenters. The third-order valence-electron chi connectivity index (χ3n) is 5.38. The van der Waals surface area contributed by atoms with Crippen LogP contribution in [0.25, 0.3) is 10.8 Å². The van der Waals surface area contributed by atoms with E-state index in [0.29, 0.717) is 5.69 Å². The fourth-order valence-electron chi connectivity index (χ4n) is 3.76. The molecule has 1 aliphatic rings. The van der Waals surface area contributed by atoms with Gasteiger partial charge in [0, 0.05) is 11.7 Å². The van der Waals surface area contributed by atoms with Gasteiger partial charge < -0.3 is 0 Å². The minimum atomic E-state index is -3.79. The first-order chi connectivity index (χ1) is 14.3. The van der Waals surface area contributed by atoms with Crippen LogP contribution in [0.1, 0.15) is 32.1 Å². The lowest BCUT2D eigenvalue weighted by molar-refractivity contribution is 0.412. The maximum absolute atomic E-state index is 12.7. The number of sulfonamides is 2. The van der Waals surface area contributed by atoms with E-state index in [0.717, 1.165) is 42.9 Å². The molecule has 0 aromatic heterocycles. The van der Waals surface area contributed by atoms with Crippen LogP contribution in [0, 0.1) is 0 Å². The highest BCUT2D eigenvalue weighted by molar-refractivity contribution is 7.92. The summed E-state index contributed by atoms with van der Waals surface area (Å²) in [7, 11) is -7.41. The molecule has 4 rings (SSSR count). The number of hydrogen-bond donors (Lipinski definition) is 2. The van der Waals surface area contributed by atoms with Crippen LogP contribution in [0.3, 0.4) is 0 Å². The van der Waals surface area contributed by atoms with Crippen molar-refractivity contribution in [2.24, 2.45) is 0 Å². The van der Waals surface area contributed by atoms with Crippen LogP contribution < -0.4 is 9.44 Å². The highest BCUT2D eigenvalue weighted by Crippen LogP contribution is 2.23. The number of fused-ring (bicyclic) bond motifs is 1. The minimum absolute atomic E-state index is 0.0326. The molecule has 3 aromatic carbocycles. The van der Waals surface area contributed by atoms with Gasteiger partial charge in [0.05, 0.1) is 9.79 Å². The van der Waals surface area contributed by atoms with Crippen LogP contribution in [-0.2, 0) is 20.0 Å². The number of anilines is 1. The standard InChI is InChI=1S/C22H24N2O4S2/c25-29(26,23-19-8-2-1-3-9-19)21-14-11-20(12-15-21)24-30(27,28)22-13-10-17-6-4-5-7-18(17)16-22/h4-7,10-16,19,23-24H,1-3,8-9H2. The zero-order valence-electron chi connectivity index (χ0n) is 16.4. The fourth-order valence-corrected chi connectivity index (χ4v) is 6.16. The summed E-state index contributed by atoms with van der Waals surface area (Å²) in [6.45, 7) is 0. The van der Waals surface area contributed by atoms with Gasteiger partial charge in [-0.3, -0.25) is 4.72 Å². The summed E-state index contributed by atoms with van der Waals surface area (Å²) in [4.78, 5) is 0.276. The van der Waals surface area contributed by atoms with E-state index >= 15 is 0 Å². The molecule has 3 aromatic rings. The van der Waals surface area contributed by atoms with Crippen molar-refractivity contribution < 1.29 is 16.8 Å². The summed E-state index contributed by atoms with van der Waals surface area (Å²) >= 11 is 0. The van der Waals surface area contributed by atoms with Gasteiger partial charge in [0.25, 0.3) is 10.0 Å². The first-order valence-corrected chi connectivity index (χ1v) is 12.9. The van der Waals surface area contributed by atoms with Gasteiger partial charge in [0.2, 0.25) is 10.0 Å². The first-order valence-electron chi connectivity index (χ1n) is 9.98. The smallest absolute Gasteiger partial charge is 0.261 e. The highest BCUT2D eigenvalue weighted by Gasteiger charge is 2.22. The number of rotatable bonds is 6. The van der Waals surface area contributed by atoms with Crippen molar-refractivity contribution in [2.75, 3.05) is 4.72 Å². The predicted octanol–water partition coefficient (Wildman–Crippen LogP) is 4.25. The Morgan fingerprint density at radius 2 is 1.30 bits per heavy atom. The molecule has 0 spiro atoms. The van der Waals surface area contributed by atoms with Gasteiger partial charge in [-0.2, -0.15) is 0 Å². The fraction of sp³-hybridized carbons (Fsp3) is 0.273. The van der Waals surface area contributed by atoms with E-state index in [1.54, 1.807) is 18.2 Å². The average molecular weight is 445 g/mol.